The standard InChI is InChI=1S/C15H21ClN2O4S/c1-22-15(19)11-6-7-14(12(16)8-11)23(20,21)18-13(9-17)10-4-2-3-5-10/h6-8,10,13,18H,2-5,9,17H2,1H3. The van der Waals surface area contributed by atoms with E-state index in [1.165, 1.54) is 25.3 Å². The fourth-order valence-corrected chi connectivity index (χ4v) is 4.79. The first-order valence-corrected chi connectivity index (χ1v) is 9.35. The van der Waals surface area contributed by atoms with E-state index >= 15 is 0 Å². The molecule has 0 heterocycles. The normalized spacial score (nSPS) is 17.2. The third-order valence-electron chi connectivity index (χ3n) is 4.17. The Morgan fingerprint density at radius 1 is 1.43 bits per heavy atom. The monoisotopic (exact) mass is 360 g/mol. The molecule has 2 rings (SSSR count). The maximum absolute atomic E-state index is 12.6. The van der Waals surface area contributed by atoms with Gasteiger partial charge in [0.05, 0.1) is 17.7 Å². The van der Waals surface area contributed by atoms with Gasteiger partial charge in [0.25, 0.3) is 0 Å². The van der Waals surface area contributed by atoms with Crippen LogP contribution in [0, 0.1) is 5.92 Å². The van der Waals surface area contributed by atoms with Gasteiger partial charge in [-0.25, -0.2) is 17.9 Å². The van der Waals surface area contributed by atoms with Crippen LogP contribution in [-0.4, -0.2) is 34.1 Å². The SMILES string of the molecule is COC(=O)c1ccc(S(=O)(=O)NC(CN)C2CCCC2)c(Cl)c1. The van der Waals surface area contributed by atoms with Crippen LogP contribution >= 0.6 is 11.6 Å². The van der Waals surface area contributed by atoms with E-state index in [2.05, 4.69) is 9.46 Å². The van der Waals surface area contributed by atoms with Crippen LogP contribution in [0.4, 0.5) is 0 Å². The summed E-state index contributed by atoms with van der Waals surface area (Å²) in [4.78, 5) is 11.4. The molecule has 1 atom stereocenters. The fraction of sp³-hybridized carbons (Fsp3) is 0.533. The molecule has 1 unspecified atom stereocenters. The molecule has 0 saturated heterocycles. The van der Waals surface area contributed by atoms with Gasteiger partial charge in [-0.1, -0.05) is 24.4 Å². The largest absolute Gasteiger partial charge is 0.465 e. The zero-order valence-corrected chi connectivity index (χ0v) is 14.5. The zero-order valence-electron chi connectivity index (χ0n) is 12.9. The minimum atomic E-state index is -3.80. The lowest BCUT2D eigenvalue weighted by Crippen LogP contribution is -2.44. The number of methoxy groups -OCH3 is 1. The van der Waals surface area contributed by atoms with Gasteiger partial charge in [-0.3, -0.25) is 0 Å². The summed E-state index contributed by atoms with van der Waals surface area (Å²) in [6.45, 7) is 0.238. The van der Waals surface area contributed by atoms with Crippen LogP contribution in [0.15, 0.2) is 23.1 Å². The van der Waals surface area contributed by atoms with Gasteiger partial charge in [-0.15, -0.1) is 0 Å². The van der Waals surface area contributed by atoms with E-state index in [1.807, 2.05) is 0 Å². The number of carbonyl (C=O) groups excluding carboxylic acids is 1. The second-order valence-electron chi connectivity index (χ2n) is 5.64. The Morgan fingerprint density at radius 2 is 2.09 bits per heavy atom. The highest BCUT2D eigenvalue weighted by Gasteiger charge is 2.29. The van der Waals surface area contributed by atoms with Crippen LogP contribution in [-0.2, 0) is 14.8 Å². The highest BCUT2D eigenvalue weighted by molar-refractivity contribution is 7.89. The molecule has 1 fully saturated rings. The van der Waals surface area contributed by atoms with Crippen molar-refractivity contribution in [2.24, 2.45) is 11.7 Å². The lowest BCUT2D eigenvalue weighted by Gasteiger charge is -2.23. The fourth-order valence-electron chi connectivity index (χ4n) is 2.92. The van der Waals surface area contributed by atoms with Crippen molar-refractivity contribution in [1.29, 1.82) is 0 Å². The van der Waals surface area contributed by atoms with Gasteiger partial charge >= 0.3 is 5.97 Å². The quantitative estimate of drug-likeness (QED) is 0.755. The van der Waals surface area contributed by atoms with Crippen molar-refractivity contribution in [3.63, 3.8) is 0 Å². The second kappa shape index (κ2) is 7.61. The molecule has 1 aromatic rings. The van der Waals surface area contributed by atoms with Crippen molar-refractivity contribution in [3.05, 3.63) is 28.8 Å². The van der Waals surface area contributed by atoms with Crippen LogP contribution in [0.25, 0.3) is 0 Å². The number of hydrogen-bond donors (Lipinski definition) is 2. The first kappa shape index (κ1) is 18.2. The number of halogens is 1. The Balaban J connectivity index is 2.23. The average Bonchev–Trinajstić information content (AvgIpc) is 3.05. The summed E-state index contributed by atoms with van der Waals surface area (Å²) >= 11 is 6.04. The molecule has 0 bridgehead atoms. The molecule has 6 nitrogen and oxygen atoms in total. The van der Waals surface area contributed by atoms with Crippen molar-refractivity contribution < 1.29 is 17.9 Å². The Kier molecular flexibility index (Phi) is 6.02. The first-order valence-electron chi connectivity index (χ1n) is 7.49. The minimum Gasteiger partial charge on any atom is -0.465 e. The predicted molar refractivity (Wildman–Crippen MR) is 87.9 cm³/mol. The summed E-state index contributed by atoms with van der Waals surface area (Å²) < 4.78 is 32.4. The number of nitrogens with two attached hydrogens (primary N) is 1. The molecule has 0 amide bonds. The van der Waals surface area contributed by atoms with Gasteiger partial charge in [0.2, 0.25) is 10.0 Å². The van der Waals surface area contributed by atoms with E-state index in [9.17, 15) is 13.2 Å². The molecule has 1 saturated carbocycles. The Labute approximate surface area is 141 Å². The van der Waals surface area contributed by atoms with E-state index in [4.69, 9.17) is 17.3 Å². The molecule has 0 radical (unpaired) electrons. The Hall–Kier alpha value is -1.15. The van der Waals surface area contributed by atoms with Gasteiger partial charge in [0, 0.05) is 12.6 Å². The number of rotatable bonds is 6. The number of sulfonamides is 1. The van der Waals surface area contributed by atoms with Gasteiger partial charge in [-0.05, 0) is 37.0 Å². The molecule has 128 valence electrons. The van der Waals surface area contributed by atoms with Gasteiger partial charge in [0.1, 0.15) is 4.90 Å². The molecule has 0 spiro atoms. The van der Waals surface area contributed by atoms with Crippen LogP contribution < -0.4 is 10.5 Å². The molecular weight excluding hydrogens is 340 g/mol. The van der Waals surface area contributed by atoms with Crippen LogP contribution in [0.5, 0.6) is 0 Å². The van der Waals surface area contributed by atoms with Crippen molar-refractivity contribution >= 4 is 27.6 Å². The van der Waals surface area contributed by atoms with Crippen molar-refractivity contribution in [2.45, 2.75) is 36.6 Å². The lowest BCUT2D eigenvalue weighted by molar-refractivity contribution is 0.0600. The maximum Gasteiger partial charge on any atom is 0.337 e. The number of esters is 1. The number of nitrogens with one attached hydrogen (secondary N) is 1. The molecule has 3 N–H and O–H groups in total. The van der Waals surface area contributed by atoms with Crippen molar-refractivity contribution in [3.8, 4) is 0 Å². The van der Waals surface area contributed by atoms with Crippen molar-refractivity contribution in [1.82, 2.24) is 4.72 Å². The third-order valence-corrected chi connectivity index (χ3v) is 6.14. The van der Waals surface area contributed by atoms with E-state index in [0.29, 0.717) is 0 Å². The average molecular weight is 361 g/mol. The van der Waals surface area contributed by atoms with E-state index in [-0.39, 0.29) is 34.0 Å². The Morgan fingerprint density at radius 3 is 2.61 bits per heavy atom. The summed E-state index contributed by atoms with van der Waals surface area (Å²) in [5, 5.41) is -0.0254. The molecule has 23 heavy (non-hydrogen) atoms. The number of ether oxygens (including phenoxy) is 1. The zero-order chi connectivity index (χ0) is 17.0. The topological polar surface area (TPSA) is 98.5 Å². The van der Waals surface area contributed by atoms with E-state index < -0.39 is 16.0 Å². The van der Waals surface area contributed by atoms with Crippen LogP contribution in [0.2, 0.25) is 5.02 Å². The van der Waals surface area contributed by atoms with Gasteiger partial charge < -0.3 is 10.5 Å². The highest BCUT2D eigenvalue weighted by atomic mass is 35.5. The molecule has 1 aliphatic carbocycles. The molecule has 0 aliphatic heterocycles. The molecular formula is C15H21ClN2O4S. The van der Waals surface area contributed by atoms with Crippen LogP contribution in [0.1, 0.15) is 36.0 Å². The summed E-state index contributed by atoms with van der Waals surface area (Å²) in [6.07, 6.45) is 4.13. The predicted octanol–water partition coefficient (Wildman–Crippen LogP) is 1.92. The summed E-state index contributed by atoms with van der Waals surface area (Å²) in [5.41, 5.74) is 5.93. The van der Waals surface area contributed by atoms with Crippen molar-refractivity contribution in [2.75, 3.05) is 13.7 Å². The van der Waals surface area contributed by atoms with E-state index in [0.717, 1.165) is 25.7 Å². The molecule has 1 aromatic carbocycles. The number of hydrogen-bond acceptors (Lipinski definition) is 5. The second-order valence-corrected chi connectivity index (χ2v) is 7.73. The van der Waals surface area contributed by atoms with E-state index in [1.54, 1.807) is 0 Å². The summed E-state index contributed by atoms with van der Waals surface area (Å²) in [6, 6.07) is 3.66. The van der Waals surface area contributed by atoms with Gasteiger partial charge in [0.15, 0.2) is 0 Å². The molecule has 8 heteroatoms. The van der Waals surface area contributed by atoms with Crippen LogP contribution in [0.3, 0.4) is 0 Å². The summed E-state index contributed by atoms with van der Waals surface area (Å²) in [5.74, 6) is -0.322. The smallest absolute Gasteiger partial charge is 0.337 e. The lowest BCUT2D eigenvalue weighted by atomic mass is 9.99. The van der Waals surface area contributed by atoms with Gasteiger partial charge in [-0.2, -0.15) is 0 Å². The highest BCUT2D eigenvalue weighted by Crippen LogP contribution is 2.29. The summed E-state index contributed by atoms with van der Waals surface area (Å²) in [7, 11) is -2.56. The molecule has 0 aromatic heterocycles. The Bertz CT molecular complexity index is 672. The number of benzene rings is 1. The third kappa shape index (κ3) is 4.23. The molecule has 1 aliphatic rings. The number of carbonyl (C=O) groups is 1. The first-order chi connectivity index (χ1) is 10.9. The maximum atomic E-state index is 12.6. The minimum absolute atomic E-state index is 0.0254.